The molecule has 2 heterocycles. The summed E-state index contributed by atoms with van der Waals surface area (Å²) in [7, 11) is 0. The van der Waals surface area contributed by atoms with Crippen LogP contribution in [0.4, 0.5) is 5.82 Å². The van der Waals surface area contributed by atoms with Gasteiger partial charge in [0.15, 0.2) is 0 Å². The number of hydrogen-bond acceptors (Lipinski definition) is 4. The SMILES string of the molecule is CCCCCCn1cc(-c2cnc(N)c(C(=O)O)c2)cn1. The van der Waals surface area contributed by atoms with E-state index in [0.717, 1.165) is 18.5 Å². The Kier molecular flexibility index (Phi) is 4.92. The van der Waals surface area contributed by atoms with Gasteiger partial charge in [-0.05, 0) is 12.5 Å². The summed E-state index contributed by atoms with van der Waals surface area (Å²) in [6.07, 6.45) is 9.93. The maximum Gasteiger partial charge on any atom is 0.339 e. The number of nitrogen functional groups attached to an aromatic ring is 1. The maximum absolute atomic E-state index is 11.1. The van der Waals surface area contributed by atoms with E-state index < -0.39 is 5.97 Å². The lowest BCUT2D eigenvalue weighted by atomic mass is 10.1. The number of aromatic nitrogens is 3. The van der Waals surface area contributed by atoms with Crippen LogP contribution in [-0.2, 0) is 6.54 Å². The third-order valence-electron chi connectivity index (χ3n) is 3.36. The van der Waals surface area contributed by atoms with Crippen molar-refractivity contribution in [1.29, 1.82) is 0 Å². The van der Waals surface area contributed by atoms with E-state index in [2.05, 4.69) is 17.0 Å². The minimum atomic E-state index is -1.08. The summed E-state index contributed by atoms with van der Waals surface area (Å²) in [5.41, 5.74) is 7.13. The lowest BCUT2D eigenvalue weighted by Gasteiger charge is -2.03. The van der Waals surface area contributed by atoms with Crippen molar-refractivity contribution < 1.29 is 9.90 Å². The normalized spacial score (nSPS) is 10.7. The Bertz CT molecular complexity index is 622. The largest absolute Gasteiger partial charge is 0.478 e. The number of nitrogens with zero attached hydrogens (tertiary/aromatic N) is 3. The Balaban J connectivity index is 2.10. The van der Waals surface area contributed by atoms with Crippen molar-refractivity contribution in [3.63, 3.8) is 0 Å². The highest BCUT2D eigenvalue weighted by atomic mass is 16.4. The smallest absolute Gasteiger partial charge is 0.339 e. The predicted octanol–water partition coefficient (Wildman–Crippen LogP) is 2.81. The van der Waals surface area contributed by atoms with E-state index >= 15 is 0 Å². The van der Waals surface area contributed by atoms with E-state index in [0.29, 0.717) is 5.56 Å². The van der Waals surface area contributed by atoms with Crippen molar-refractivity contribution in [1.82, 2.24) is 14.8 Å². The number of carboxylic acids is 1. The molecule has 3 N–H and O–H groups in total. The van der Waals surface area contributed by atoms with Gasteiger partial charge in [-0.15, -0.1) is 0 Å². The second kappa shape index (κ2) is 6.88. The molecule has 0 unspecified atom stereocenters. The molecular weight excluding hydrogens is 268 g/mol. The molecule has 112 valence electrons. The lowest BCUT2D eigenvalue weighted by Crippen LogP contribution is -2.04. The molecule has 6 nitrogen and oxygen atoms in total. The third-order valence-corrected chi connectivity index (χ3v) is 3.36. The number of carbonyl (C=O) groups is 1. The van der Waals surface area contributed by atoms with Gasteiger partial charge in [-0.3, -0.25) is 4.68 Å². The number of aromatic carboxylic acids is 1. The molecule has 21 heavy (non-hydrogen) atoms. The zero-order chi connectivity index (χ0) is 15.2. The minimum absolute atomic E-state index is 0.0168. The molecule has 0 aliphatic rings. The van der Waals surface area contributed by atoms with E-state index in [-0.39, 0.29) is 11.4 Å². The average molecular weight is 288 g/mol. The van der Waals surface area contributed by atoms with E-state index in [1.54, 1.807) is 12.4 Å². The Hall–Kier alpha value is -2.37. The third kappa shape index (κ3) is 3.81. The molecule has 6 heteroatoms. The summed E-state index contributed by atoms with van der Waals surface area (Å²) < 4.78 is 1.88. The minimum Gasteiger partial charge on any atom is -0.478 e. The number of unbranched alkanes of at least 4 members (excludes halogenated alkanes) is 3. The first-order valence-electron chi connectivity index (χ1n) is 7.13. The van der Waals surface area contributed by atoms with E-state index in [9.17, 15) is 4.79 Å². The number of anilines is 1. The first-order chi connectivity index (χ1) is 10.1. The molecule has 0 aliphatic heterocycles. The Morgan fingerprint density at radius 2 is 2.10 bits per heavy atom. The van der Waals surface area contributed by atoms with Crippen LogP contribution in [0.15, 0.2) is 24.7 Å². The topological polar surface area (TPSA) is 94.0 Å². The van der Waals surface area contributed by atoms with Crippen LogP contribution in [0.25, 0.3) is 11.1 Å². The highest BCUT2D eigenvalue weighted by Crippen LogP contribution is 2.21. The van der Waals surface area contributed by atoms with Crippen LogP contribution in [0, 0.1) is 0 Å². The van der Waals surface area contributed by atoms with Crippen LogP contribution in [0.1, 0.15) is 43.0 Å². The summed E-state index contributed by atoms with van der Waals surface area (Å²) in [6, 6.07) is 1.53. The average Bonchev–Trinajstić information content (AvgIpc) is 2.92. The summed E-state index contributed by atoms with van der Waals surface area (Å²) in [5.74, 6) is -1.05. The van der Waals surface area contributed by atoms with Crippen molar-refractivity contribution in [2.24, 2.45) is 0 Å². The van der Waals surface area contributed by atoms with E-state index in [1.165, 1.54) is 25.3 Å². The number of hydrogen-bond donors (Lipinski definition) is 2. The Morgan fingerprint density at radius 1 is 1.29 bits per heavy atom. The lowest BCUT2D eigenvalue weighted by molar-refractivity contribution is 0.0697. The van der Waals surface area contributed by atoms with Crippen molar-refractivity contribution in [3.8, 4) is 11.1 Å². The molecule has 0 spiro atoms. The fourth-order valence-electron chi connectivity index (χ4n) is 2.14. The van der Waals surface area contributed by atoms with Gasteiger partial charge in [0.1, 0.15) is 11.4 Å². The molecule has 0 amide bonds. The summed E-state index contributed by atoms with van der Waals surface area (Å²) in [6.45, 7) is 3.05. The zero-order valence-corrected chi connectivity index (χ0v) is 12.1. The van der Waals surface area contributed by atoms with Gasteiger partial charge >= 0.3 is 5.97 Å². The molecule has 0 saturated carbocycles. The molecule has 2 rings (SSSR count). The van der Waals surface area contributed by atoms with Gasteiger partial charge in [0.25, 0.3) is 0 Å². The van der Waals surface area contributed by atoms with Gasteiger partial charge in [-0.1, -0.05) is 26.2 Å². The highest BCUT2D eigenvalue weighted by molar-refractivity contribution is 5.94. The number of nitrogens with two attached hydrogens (primary N) is 1. The van der Waals surface area contributed by atoms with Gasteiger partial charge in [-0.2, -0.15) is 5.10 Å². The first-order valence-corrected chi connectivity index (χ1v) is 7.13. The monoisotopic (exact) mass is 288 g/mol. The van der Waals surface area contributed by atoms with Crippen LogP contribution in [-0.4, -0.2) is 25.8 Å². The molecule has 0 saturated heterocycles. The van der Waals surface area contributed by atoms with Crippen molar-refractivity contribution >= 4 is 11.8 Å². The molecule has 0 bridgehead atoms. The van der Waals surface area contributed by atoms with Crippen molar-refractivity contribution in [2.75, 3.05) is 5.73 Å². The van der Waals surface area contributed by atoms with Crippen molar-refractivity contribution in [3.05, 3.63) is 30.2 Å². The second-order valence-electron chi connectivity index (χ2n) is 5.01. The van der Waals surface area contributed by atoms with E-state index in [1.807, 2.05) is 10.9 Å². The summed E-state index contributed by atoms with van der Waals surface area (Å²) in [4.78, 5) is 15.0. The number of carboxylic acid groups (broad SMARTS) is 1. The molecule has 0 atom stereocenters. The van der Waals surface area contributed by atoms with Crippen molar-refractivity contribution in [2.45, 2.75) is 39.2 Å². The van der Waals surface area contributed by atoms with Gasteiger partial charge < -0.3 is 10.8 Å². The fraction of sp³-hybridized carbons (Fsp3) is 0.400. The molecule has 0 fully saturated rings. The quantitative estimate of drug-likeness (QED) is 0.764. The van der Waals surface area contributed by atoms with E-state index in [4.69, 9.17) is 10.8 Å². The highest BCUT2D eigenvalue weighted by Gasteiger charge is 2.11. The fourth-order valence-corrected chi connectivity index (χ4v) is 2.14. The van der Waals surface area contributed by atoms with Crippen LogP contribution in [0.2, 0.25) is 0 Å². The Labute approximate surface area is 123 Å². The molecule has 0 aliphatic carbocycles. The van der Waals surface area contributed by atoms with Gasteiger partial charge in [0.05, 0.1) is 6.20 Å². The molecule has 0 radical (unpaired) electrons. The Morgan fingerprint density at radius 3 is 2.81 bits per heavy atom. The first kappa shape index (κ1) is 15.0. The van der Waals surface area contributed by atoms with Gasteiger partial charge in [0.2, 0.25) is 0 Å². The van der Waals surface area contributed by atoms with Crippen LogP contribution >= 0.6 is 0 Å². The second-order valence-corrected chi connectivity index (χ2v) is 5.01. The molecule has 0 aromatic carbocycles. The molecular formula is C15H20N4O2. The summed E-state index contributed by atoms with van der Waals surface area (Å²) >= 11 is 0. The standard InChI is InChI=1S/C15H20N4O2/c1-2-3-4-5-6-19-10-12(9-18-19)11-7-13(15(20)21)14(16)17-8-11/h7-10H,2-6H2,1H3,(H2,16,17)(H,20,21). The number of rotatable bonds is 7. The van der Waals surface area contributed by atoms with Gasteiger partial charge in [0, 0.05) is 30.1 Å². The van der Waals surface area contributed by atoms with Gasteiger partial charge in [-0.25, -0.2) is 9.78 Å². The molecule has 2 aromatic heterocycles. The number of pyridine rings is 1. The van der Waals surface area contributed by atoms with Crippen LogP contribution in [0.3, 0.4) is 0 Å². The number of aryl methyl sites for hydroxylation is 1. The molecule has 2 aromatic rings. The van der Waals surface area contributed by atoms with Crippen LogP contribution in [0.5, 0.6) is 0 Å². The predicted molar refractivity (Wildman–Crippen MR) is 81.0 cm³/mol. The van der Waals surface area contributed by atoms with Crippen LogP contribution < -0.4 is 5.73 Å². The summed E-state index contributed by atoms with van der Waals surface area (Å²) in [5, 5.41) is 13.4. The maximum atomic E-state index is 11.1. The zero-order valence-electron chi connectivity index (χ0n) is 12.1.